The second-order valence-corrected chi connectivity index (χ2v) is 4.52. The quantitative estimate of drug-likeness (QED) is 0.708. The molecule has 0 aliphatic carbocycles. The van der Waals surface area contributed by atoms with E-state index < -0.39 is 11.9 Å². The highest BCUT2D eigenvalue weighted by molar-refractivity contribution is 7.99. The van der Waals surface area contributed by atoms with Gasteiger partial charge in [-0.25, -0.2) is 0 Å². The number of nitrogens with zero attached hydrogens (tertiary/aromatic N) is 4. The number of hydrogen-bond donors (Lipinski definition) is 2. The SMILES string of the molecule is NC(=O)C(N)CSc1nnnn1-c1ccccc1. The van der Waals surface area contributed by atoms with Gasteiger partial charge in [0.05, 0.1) is 11.7 Å². The van der Waals surface area contributed by atoms with Gasteiger partial charge in [-0.3, -0.25) is 4.79 Å². The third-order valence-electron chi connectivity index (χ3n) is 2.20. The molecule has 0 radical (unpaired) electrons. The molecule has 0 spiro atoms. The Hall–Kier alpha value is -1.93. The number of aromatic nitrogens is 4. The first kappa shape index (κ1) is 12.5. The highest BCUT2D eigenvalue weighted by atomic mass is 32.2. The zero-order valence-electron chi connectivity index (χ0n) is 9.43. The standard InChI is InChI=1S/C10H12N6OS/c11-8(9(12)17)6-18-10-13-14-15-16(10)7-4-2-1-3-5-7/h1-5,8H,6,11H2,(H2,12,17). The molecule has 0 aliphatic heterocycles. The molecule has 18 heavy (non-hydrogen) atoms. The number of carbonyl (C=O) groups is 1. The number of para-hydroxylation sites is 1. The Bertz CT molecular complexity index is 528. The lowest BCUT2D eigenvalue weighted by atomic mass is 10.3. The maximum absolute atomic E-state index is 10.8. The molecule has 94 valence electrons. The molecule has 1 heterocycles. The average Bonchev–Trinajstić information content (AvgIpc) is 2.85. The molecule has 1 unspecified atom stereocenters. The van der Waals surface area contributed by atoms with E-state index in [1.165, 1.54) is 11.8 Å². The van der Waals surface area contributed by atoms with Gasteiger partial charge < -0.3 is 11.5 Å². The number of tetrazole rings is 1. The number of thioether (sulfide) groups is 1. The van der Waals surface area contributed by atoms with Crippen molar-refractivity contribution in [3.05, 3.63) is 30.3 Å². The molecule has 8 heteroatoms. The summed E-state index contributed by atoms with van der Waals surface area (Å²) in [5.74, 6) is -0.205. The van der Waals surface area contributed by atoms with Gasteiger partial charge in [-0.1, -0.05) is 30.0 Å². The van der Waals surface area contributed by atoms with Crippen LogP contribution in [-0.2, 0) is 4.79 Å². The van der Waals surface area contributed by atoms with Crippen LogP contribution in [0.25, 0.3) is 5.69 Å². The lowest BCUT2D eigenvalue weighted by Crippen LogP contribution is -2.38. The Labute approximate surface area is 108 Å². The third kappa shape index (κ3) is 2.84. The molecule has 1 aromatic heterocycles. The van der Waals surface area contributed by atoms with Crippen LogP contribution in [0.5, 0.6) is 0 Å². The van der Waals surface area contributed by atoms with Crippen LogP contribution in [0.2, 0.25) is 0 Å². The van der Waals surface area contributed by atoms with Crippen molar-refractivity contribution < 1.29 is 4.79 Å². The Kier molecular flexibility index (Phi) is 3.90. The van der Waals surface area contributed by atoms with Crippen LogP contribution in [-0.4, -0.2) is 37.9 Å². The molecule has 0 fully saturated rings. The van der Waals surface area contributed by atoms with E-state index in [0.29, 0.717) is 10.9 Å². The van der Waals surface area contributed by atoms with E-state index in [-0.39, 0.29) is 0 Å². The Morgan fingerprint density at radius 2 is 2.11 bits per heavy atom. The minimum atomic E-state index is -0.712. The number of hydrogen-bond acceptors (Lipinski definition) is 6. The predicted octanol–water partition coefficient (Wildman–Crippen LogP) is -0.433. The van der Waals surface area contributed by atoms with E-state index >= 15 is 0 Å². The molecule has 0 bridgehead atoms. The number of carbonyl (C=O) groups excluding carboxylic acids is 1. The molecule has 0 aliphatic rings. The van der Waals surface area contributed by atoms with Crippen LogP contribution in [0.15, 0.2) is 35.5 Å². The van der Waals surface area contributed by atoms with E-state index in [1.807, 2.05) is 30.3 Å². The molecule has 0 saturated carbocycles. The Morgan fingerprint density at radius 3 is 2.78 bits per heavy atom. The molecule has 7 nitrogen and oxygen atoms in total. The van der Waals surface area contributed by atoms with Gasteiger partial charge in [0.15, 0.2) is 0 Å². The molecule has 1 atom stereocenters. The molecule has 1 aromatic carbocycles. The molecule has 2 rings (SSSR count). The summed E-state index contributed by atoms with van der Waals surface area (Å²) in [6.45, 7) is 0. The smallest absolute Gasteiger partial charge is 0.235 e. The van der Waals surface area contributed by atoms with E-state index in [1.54, 1.807) is 4.68 Å². The van der Waals surface area contributed by atoms with Crippen LogP contribution in [0.1, 0.15) is 0 Å². The van der Waals surface area contributed by atoms with Crippen molar-refractivity contribution in [1.29, 1.82) is 0 Å². The average molecular weight is 264 g/mol. The van der Waals surface area contributed by atoms with E-state index in [4.69, 9.17) is 11.5 Å². The van der Waals surface area contributed by atoms with Crippen LogP contribution in [0.3, 0.4) is 0 Å². The summed E-state index contributed by atoms with van der Waals surface area (Å²) in [4.78, 5) is 10.8. The molecular weight excluding hydrogens is 252 g/mol. The molecule has 1 amide bonds. The van der Waals surface area contributed by atoms with Crippen LogP contribution < -0.4 is 11.5 Å². The Morgan fingerprint density at radius 1 is 1.39 bits per heavy atom. The lowest BCUT2D eigenvalue weighted by molar-refractivity contribution is -0.118. The molecule has 2 aromatic rings. The van der Waals surface area contributed by atoms with Gasteiger partial charge in [0.25, 0.3) is 0 Å². The summed E-state index contributed by atoms with van der Waals surface area (Å²) < 4.78 is 1.58. The fourth-order valence-electron chi connectivity index (χ4n) is 1.25. The summed E-state index contributed by atoms with van der Waals surface area (Å²) in [5.41, 5.74) is 11.5. The fourth-order valence-corrected chi connectivity index (χ4v) is 2.10. The molecule has 0 saturated heterocycles. The van der Waals surface area contributed by atoms with Crippen molar-refractivity contribution >= 4 is 17.7 Å². The highest BCUT2D eigenvalue weighted by Gasteiger charge is 2.14. The Balaban J connectivity index is 2.12. The zero-order valence-corrected chi connectivity index (χ0v) is 10.2. The summed E-state index contributed by atoms with van der Waals surface area (Å²) in [7, 11) is 0. The second kappa shape index (κ2) is 5.61. The van der Waals surface area contributed by atoms with Crippen molar-refractivity contribution in [2.75, 3.05) is 5.75 Å². The van der Waals surface area contributed by atoms with Gasteiger partial charge in [0.1, 0.15) is 0 Å². The number of benzene rings is 1. The van der Waals surface area contributed by atoms with Gasteiger partial charge in [-0.05, 0) is 22.6 Å². The molecular formula is C10H12N6OS. The number of nitrogens with two attached hydrogens (primary N) is 2. The number of rotatable bonds is 5. The minimum Gasteiger partial charge on any atom is -0.368 e. The monoisotopic (exact) mass is 264 g/mol. The summed E-state index contributed by atoms with van der Waals surface area (Å²) >= 11 is 1.29. The number of amides is 1. The first-order chi connectivity index (χ1) is 8.68. The third-order valence-corrected chi connectivity index (χ3v) is 3.24. The van der Waals surface area contributed by atoms with Gasteiger partial charge in [-0.15, -0.1) is 5.10 Å². The van der Waals surface area contributed by atoms with Crippen molar-refractivity contribution in [1.82, 2.24) is 20.2 Å². The van der Waals surface area contributed by atoms with Crippen molar-refractivity contribution in [2.24, 2.45) is 11.5 Å². The summed E-state index contributed by atoms with van der Waals surface area (Å²) in [6.07, 6.45) is 0. The predicted molar refractivity (Wildman–Crippen MR) is 67.0 cm³/mol. The topological polar surface area (TPSA) is 113 Å². The molecule has 4 N–H and O–H groups in total. The highest BCUT2D eigenvalue weighted by Crippen LogP contribution is 2.18. The van der Waals surface area contributed by atoms with Crippen LogP contribution in [0.4, 0.5) is 0 Å². The fraction of sp³-hybridized carbons (Fsp3) is 0.200. The normalized spacial score (nSPS) is 12.3. The first-order valence-electron chi connectivity index (χ1n) is 5.20. The van der Waals surface area contributed by atoms with Gasteiger partial charge >= 0.3 is 0 Å². The van der Waals surface area contributed by atoms with Crippen molar-refractivity contribution in [2.45, 2.75) is 11.2 Å². The lowest BCUT2D eigenvalue weighted by Gasteiger charge is -2.06. The summed E-state index contributed by atoms with van der Waals surface area (Å²) in [5, 5.41) is 11.9. The van der Waals surface area contributed by atoms with Gasteiger partial charge in [0, 0.05) is 5.75 Å². The minimum absolute atomic E-state index is 0.336. The van der Waals surface area contributed by atoms with Crippen molar-refractivity contribution in [3.8, 4) is 5.69 Å². The second-order valence-electron chi connectivity index (χ2n) is 3.53. The first-order valence-corrected chi connectivity index (χ1v) is 6.18. The van der Waals surface area contributed by atoms with Crippen molar-refractivity contribution in [3.63, 3.8) is 0 Å². The van der Waals surface area contributed by atoms with E-state index in [2.05, 4.69) is 15.5 Å². The van der Waals surface area contributed by atoms with Crippen LogP contribution >= 0.6 is 11.8 Å². The largest absolute Gasteiger partial charge is 0.368 e. The van der Waals surface area contributed by atoms with Gasteiger partial charge in [0.2, 0.25) is 11.1 Å². The van der Waals surface area contributed by atoms with Gasteiger partial charge in [-0.2, -0.15) is 4.68 Å². The van der Waals surface area contributed by atoms with E-state index in [9.17, 15) is 4.79 Å². The number of primary amides is 1. The van der Waals surface area contributed by atoms with E-state index in [0.717, 1.165) is 5.69 Å². The maximum Gasteiger partial charge on any atom is 0.235 e. The maximum atomic E-state index is 10.8. The van der Waals surface area contributed by atoms with Crippen LogP contribution in [0, 0.1) is 0 Å². The zero-order chi connectivity index (χ0) is 13.0. The summed E-state index contributed by atoms with van der Waals surface area (Å²) in [6, 6.07) is 8.74.